The van der Waals surface area contributed by atoms with Crippen LogP contribution in [0.1, 0.15) is 16.2 Å². The molecule has 0 saturated carbocycles. The van der Waals surface area contributed by atoms with Crippen molar-refractivity contribution < 1.29 is 9.21 Å². The van der Waals surface area contributed by atoms with Crippen molar-refractivity contribution in [3.8, 4) is 0 Å². The highest BCUT2D eigenvalue weighted by atomic mass is 32.2. The fourth-order valence-corrected chi connectivity index (χ4v) is 3.90. The zero-order valence-corrected chi connectivity index (χ0v) is 12.1. The second-order valence-corrected chi connectivity index (χ2v) is 6.49. The maximum Gasteiger partial charge on any atom is 0.232 e. The van der Waals surface area contributed by atoms with Crippen LogP contribution in [0.5, 0.6) is 0 Å². The van der Waals surface area contributed by atoms with Crippen molar-refractivity contribution in [3.05, 3.63) is 46.0 Å². The van der Waals surface area contributed by atoms with Crippen LogP contribution in [0.2, 0.25) is 0 Å². The summed E-state index contributed by atoms with van der Waals surface area (Å²) < 4.78 is 5.25. The summed E-state index contributed by atoms with van der Waals surface area (Å²) in [5.74, 6) is 2.45. The van der Waals surface area contributed by atoms with Crippen molar-refractivity contribution in [1.29, 1.82) is 0 Å². The topological polar surface area (TPSA) is 33.5 Å². The Balaban J connectivity index is 1.49. The van der Waals surface area contributed by atoms with E-state index < -0.39 is 0 Å². The zero-order chi connectivity index (χ0) is 13.1. The summed E-state index contributed by atoms with van der Waals surface area (Å²) in [5.41, 5.74) is 1.32. The van der Waals surface area contributed by atoms with Crippen LogP contribution in [-0.4, -0.2) is 23.1 Å². The SMILES string of the molecule is O=C(CSCc1ccco1)N1CCc2sccc2C1. The smallest absolute Gasteiger partial charge is 0.232 e. The third kappa shape index (κ3) is 3.04. The summed E-state index contributed by atoms with van der Waals surface area (Å²) in [6.45, 7) is 1.63. The summed E-state index contributed by atoms with van der Waals surface area (Å²) in [6, 6.07) is 5.95. The van der Waals surface area contributed by atoms with Crippen LogP contribution in [0.15, 0.2) is 34.3 Å². The maximum absolute atomic E-state index is 12.1. The molecule has 0 atom stereocenters. The molecule has 0 saturated heterocycles. The van der Waals surface area contributed by atoms with E-state index >= 15 is 0 Å². The molecule has 0 aromatic carbocycles. The van der Waals surface area contributed by atoms with E-state index in [4.69, 9.17) is 4.42 Å². The number of thiophene rings is 1. The highest BCUT2D eigenvalue weighted by Crippen LogP contribution is 2.24. The number of thioether (sulfide) groups is 1. The van der Waals surface area contributed by atoms with Gasteiger partial charge in [-0.05, 0) is 35.6 Å². The number of amides is 1. The number of furan rings is 1. The molecule has 2 aromatic heterocycles. The van der Waals surface area contributed by atoms with E-state index in [1.165, 1.54) is 10.4 Å². The predicted octanol–water partition coefficient (Wildman–Crippen LogP) is 3.16. The van der Waals surface area contributed by atoms with E-state index in [9.17, 15) is 4.79 Å². The minimum atomic E-state index is 0.230. The fourth-order valence-electron chi connectivity index (χ4n) is 2.19. The summed E-state index contributed by atoms with van der Waals surface area (Å²) in [7, 11) is 0. The molecule has 19 heavy (non-hydrogen) atoms. The van der Waals surface area contributed by atoms with Gasteiger partial charge in [0.25, 0.3) is 0 Å². The first-order valence-electron chi connectivity index (χ1n) is 6.26. The lowest BCUT2D eigenvalue weighted by atomic mass is 10.1. The van der Waals surface area contributed by atoms with E-state index in [0.717, 1.165) is 31.0 Å². The highest BCUT2D eigenvalue weighted by Gasteiger charge is 2.21. The summed E-state index contributed by atoms with van der Waals surface area (Å²) in [6.07, 6.45) is 2.67. The minimum absolute atomic E-state index is 0.230. The number of carbonyl (C=O) groups is 1. The van der Waals surface area contributed by atoms with E-state index in [1.807, 2.05) is 17.0 Å². The number of hydrogen-bond donors (Lipinski definition) is 0. The van der Waals surface area contributed by atoms with Gasteiger partial charge in [0.05, 0.1) is 17.8 Å². The molecule has 5 heteroatoms. The summed E-state index contributed by atoms with van der Waals surface area (Å²) in [5, 5.41) is 2.12. The Morgan fingerprint density at radius 1 is 1.47 bits per heavy atom. The Morgan fingerprint density at radius 3 is 3.26 bits per heavy atom. The molecule has 0 radical (unpaired) electrons. The third-order valence-corrected chi connectivity index (χ3v) is 5.17. The van der Waals surface area contributed by atoms with Crippen LogP contribution in [-0.2, 0) is 23.5 Å². The molecule has 0 N–H and O–H groups in total. The van der Waals surface area contributed by atoms with Gasteiger partial charge in [0.1, 0.15) is 5.76 Å². The fraction of sp³-hybridized carbons (Fsp3) is 0.357. The van der Waals surface area contributed by atoms with Crippen molar-refractivity contribution in [3.63, 3.8) is 0 Å². The molecule has 1 aliphatic heterocycles. The standard InChI is InChI=1S/C14H15NO2S2/c16-14(10-18-9-12-2-1-6-17-12)15-5-3-13-11(8-15)4-7-19-13/h1-2,4,6-7H,3,5,8-10H2. The molecule has 100 valence electrons. The van der Waals surface area contributed by atoms with Gasteiger partial charge in [-0.2, -0.15) is 0 Å². The molecular formula is C14H15NO2S2. The van der Waals surface area contributed by atoms with E-state index in [2.05, 4.69) is 11.4 Å². The Labute approximate surface area is 120 Å². The predicted molar refractivity (Wildman–Crippen MR) is 78.3 cm³/mol. The van der Waals surface area contributed by atoms with Gasteiger partial charge >= 0.3 is 0 Å². The highest BCUT2D eigenvalue weighted by molar-refractivity contribution is 7.99. The second-order valence-electron chi connectivity index (χ2n) is 4.51. The van der Waals surface area contributed by atoms with Gasteiger partial charge in [-0.15, -0.1) is 23.1 Å². The van der Waals surface area contributed by atoms with Gasteiger partial charge < -0.3 is 9.32 Å². The van der Waals surface area contributed by atoms with E-state index in [1.54, 1.807) is 29.4 Å². The van der Waals surface area contributed by atoms with Gasteiger partial charge in [-0.1, -0.05) is 0 Å². The normalized spacial score (nSPS) is 14.4. The molecule has 0 fully saturated rings. The van der Waals surface area contributed by atoms with Crippen molar-refractivity contribution in [2.45, 2.75) is 18.7 Å². The average molecular weight is 293 g/mol. The molecule has 3 rings (SSSR count). The van der Waals surface area contributed by atoms with Crippen LogP contribution < -0.4 is 0 Å². The quantitative estimate of drug-likeness (QED) is 0.868. The first-order chi connectivity index (χ1) is 9.33. The van der Waals surface area contributed by atoms with Crippen molar-refractivity contribution >= 4 is 29.0 Å². The second kappa shape index (κ2) is 5.84. The van der Waals surface area contributed by atoms with Gasteiger partial charge in [0, 0.05) is 18.0 Å². The number of rotatable bonds is 4. The van der Waals surface area contributed by atoms with Crippen molar-refractivity contribution in [1.82, 2.24) is 4.90 Å². The molecular weight excluding hydrogens is 278 g/mol. The van der Waals surface area contributed by atoms with E-state index in [0.29, 0.717) is 5.75 Å². The van der Waals surface area contributed by atoms with Crippen LogP contribution in [0.4, 0.5) is 0 Å². The Hall–Kier alpha value is -1.20. The van der Waals surface area contributed by atoms with Crippen LogP contribution in [0.25, 0.3) is 0 Å². The van der Waals surface area contributed by atoms with Crippen molar-refractivity contribution in [2.24, 2.45) is 0 Å². The number of carbonyl (C=O) groups excluding carboxylic acids is 1. The van der Waals surface area contributed by atoms with Gasteiger partial charge in [-0.25, -0.2) is 0 Å². The molecule has 0 bridgehead atoms. The van der Waals surface area contributed by atoms with Crippen LogP contribution >= 0.6 is 23.1 Å². The molecule has 0 unspecified atom stereocenters. The first-order valence-corrected chi connectivity index (χ1v) is 8.29. The lowest BCUT2D eigenvalue weighted by Crippen LogP contribution is -2.36. The molecule has 2 aromatic rings. The summed E-state index contributed by atoms with van der Waals surface area (Å²) in [4.78, 5) is 15.5. The lowest BCUT2D eigenvalue weighted by Gasteiger charge is -2.26. The van der Waals surface area contributed by atoms with Crippen LogP contribution in [0.3, 0.4) is 0 Å². The lowest BCUT2D eigenvalue weighted by molar-refractivity contribution is -0.129. The minimum Gasteiger partial charge on any atom is -0.468 e. The monoisotopic (exact) mass is 293 g/mol. The number of fused-ring (bicyclic) bond motifs is 1. The van der Waals surface area contributed by atoms with Crippen LogP contribution in [0, 0.1) is 0 Å². The Bertz CT molecular complexity index is 548. The Morgan fingerprint density at radius 2 is 2.42 bits per heavy atom. The zero-order valence-electron chi connectivity index (χ0n) is 10.5. The van der Waals surface area contributed by atoms with Gasteiger partial charge in [-0.3, -0.25) is 4.79 Å². The van der Waals surface area contributed by atoms with Gasteiger partial charge in [0.15, 0.2) is 0 Å². The third-order valence-electron chi connectivity index (χ3n) is 3.21. The molecule has 0 spiro atoms. The molecule has 3 heterocycles. The summed E-state index contributed by atoms with van der Waals surface area (Å²) >= 11 is 3.41. The van der Waals surface area contributed by atoms with E-state index in [-0.39, 0.29) is 5.91 Å². The molecule has 1 aliphatic rings. The largest absolute Gasteiger partial charge is 0.468 e. The Kier molecular flexibility index (Phi) is 3.94. The van der Waals surface area contributed by atoms with Gasteiger partial charge in [0.2, 0.25) is 5.91 Å². The first kappa shape index (κ1) is 12.8. The number of nitrogens with zero attached hydrogens (tertiary/aromatic N) is 1. The van der Waals surface area contributed by atoms with Crippen molar-refractivity contribution in [2.75, 3.05) is 12.3 Å². The molecule has 3 nitrogen and oxygen atoms in total. The molecule has 1 amide bonds. The molecule has 0 aliphatic carbocycles. The average Bonchev–Trinajstić information content (AvgIpc) is 3.08. The maximum atomic E-state index is 12.1. The number of hydrogen-bond acceptors (Lipinski definition) is 4.